The molecule has 1 unspecified atom stereocenters. The van der Waals surface area contributed by atoms with Crippen molar-refractivity contribution in [3.63, 3.8) is 0 Å². The molecule has 0 aliphatic rings. The van der Waals surface area contributed by atoms with E-state index in [0.29, 0.717) is 12.4 Å². The number of benzene rings is 1. The number of para-hydroxylation sites is 1. The van der Waals surface area contributed by atoms with Crippen LogP contribution in [0.25, 0.3) is 0 Å². The lowest BCUT2D eigenvalue weighted by Gasteiger charge is -2.07. The molecule has 0 aliphatic heterocycles. The normalized spacial score (nSPS) is 12.1. The van der Waals surface area contributed by atoms with E-state index < -0.39 is 5.97 Å². The minimum atomic E-state index is -0.778. The Hall–Kier alpha value is -1.16. The van der Waals surface area contributed by atoms with E-state index in [9.17, 15) is 4.79 Å². The zero-order valence-corrected chi connectivity index (χ0v) is 9.37. The number of carboxylic acid groups (broad SMARTS) is 1. The van der Waals surface area contributed by atoms with Crippen molar-refractivity contribution in [3.05, 3.63) is 30.3 Å². The smallest absolute Gasteiger partial charge is 0.316 e. The van der Waals surface area contributed by atoms with Gasteiger partial charge in [0, 0.05) is 5.75 Å². The van der Waals surface area contributed by atoms with Gasteiger partial charge in [-0.3, -0.25) is 4.79 Å². The highest BCUT2D eigenvalue weighted by Crippen LogP contribution is 2.12. The summed E-state index contributed by atoms with van der Waals surface area (Å²) in [5.74, 6) is 0.725. The number of hydrogen-bond acceptors (Lipinski definition) is 3. The molecule has 1 N–H and O–H groups in total. The number of ether oxygens (including phenoxy) is 1. The van der Waals surface area contributed by atoms with E-state index in [1.807, 2.05) is 30.3 Å². The molecular formula is C11H14O3S. The first-order chi connectivity index (χ1) is 7.20. The first-order valence-electron chi connectivity index (χ1n) is 4.72. The van der Waals surface area contributed by atoms with Gasteiger partial charge in [-0.1, -0.05) is 18.2 Å². The second kappa shape index (κ2) is 6.35. The Morgan fingerprint density at radius 2 is 2.13 bits per heavy atom. The maximum Gasteiger partial charge on any atom is 0.316 e. The molecule has 0 aliphatic carbocycles. The molecule has 0 bridgehead atoms. The molecule has 0 spiro atoms. The Morgan fingerprint density at radius 3 is 2.73 bits per heavy atom. The van der Waals surface area contributed by atoms with Gasteiger partial charge >= 0.3 is 5.97 Å². The third-order valence-electron chi connectivity index (χ3n) is 1.81. The molecule has 1 atom stereocenters. The van der Waals surface area contributed by atoms with Gasteiger partial charge in [-0.15, -0.1) is 11.8 Å². The van der Waals surface area contributed by atoms with Crippen molar-refractivity contribution >= 4 is 17.7 Å². The summed E-state index contributed by atoms with van der Waals surface area (Å²) >= 11 is 1.38. The summed E-state index contributed by atoms with van der Waals surface area (Å²) in [7, 11) is 0. The van der Waals surface area contributed by atoms with Gasteiger partial charge in [0.15, 0.2) is 0 Å². The van der Waals surface area contributed by atoms with Crippen molar-refractivity contribution in [2.75, 3.05) is 12.4 Å². The minimum absolute atomic E-state index is 0.371. The van der Waals surface area contributed by atoms with E-state index in [-0.39, 0.29) is 5.25 Å². The molecule has 15 heavy (non-hydrogen) atoms. The van der Waals surface area contributed by atoms with E-state index in [0.717, 1.165) is 5.75 Å². The van der Waals surface area contributed by atoms with Crippen LogP contribution >= 0.6 is 11.8 Å². The monoisotopic (exact) mass is 226 g/mol. The molecule has 0 heterocycles. The minimum Gasteiger partial charge on any atom is -0.493 e. The van der Waals surface area contributed by atoms with Crippen molar-refractivity contribution in [1.82, 2.24) is 0 Å². The lowest BCUT2D eigenvalue weighted by atomic mass is 10.3. The highest BCUT2D eigenvalue weighted by molar-refractivity contribution is 8.00. The average Bonchev–Trinajstić information content (AvgIpc) is 2.25. The maximum absolute atomic E-state index is 10.5. The third-order valence-corrected chi connectivity index (χ3v) is 2.91. The number of carboxylic acids is 1. The second-order valence-electron chi connectivity index (χ2n) is 3.01. The fourth-order valence-electron chi connectivity index (χ4n) is 0.972. The van der Waals surface area contributed by atoms with E-state index in [4.69, 9.17) is 9.84 Å². The van der Waals surface area contributed by atoms with Gasteiger partial charge in [-0.2, -0.15) is 0 Å². The third kappa shape index (κ3) is 4.74. The van der Waals surface area contributed by atoms with E-state index >= 15 is 0 Å². The molecule has 4 heteroatoms. The summed E-state index contributed by atoms with van der Waals surface area (Å²) in [4.78, 5) is 10.5. The molecule has 0 fully saturated rings. The predicted molar refractivity (Wildman–Crippen MR) is 61.5 cm³/mol. The summed E-state index contributed by atoms with van der Waals surface area (Å²) in [6, 6.07) is 9.50. The summed E-state index contributed by atoms with van der Waals surface area (Å²) in [5, 5.41) is 8.27. The van der Waals surface area contributed by atoms with Crippen molar-refractivity contribution in [1.29, 1.82) is 0 Å². The van der Waals surface area contributed by atoms with E-state index in [1.54, 1.807) is 6.92 Å². The first-order valence-corrected chi connectivity index (χ1v) is 5.77. The predicted octanol–water partition coefficient (Wildman–Crippen LogP) is 2.27. The molecular weight excluding hydrogens is 212 g/mol. The van der Waals surface area contributed by atoms with Crippen molar-refractivity contribution < 1.29 is 14.6 Å². The topological polar surface area (TPSA) is 46.5 Å². The summed E-state index contributed by atoms with van der Waals surface area (Å²) in [5.41, 5.74) is 0. The van der Waals surface area contributed by atoms with Gasteiger partial charge < -0.3 is 9.84 Å². The van der Waals surface area contributed by atoms with E-state index in [2.05, 4.69) is 0 Å². The standard InChI is InChI=1S/C11H14O3S/c1-9(11(12)13)15-8-7-14-10-5-3-2-4-6-10/h2-6,9H,7-8H2,1H3,(H,12,13). The molecule has 82 valence electrons. The van der Waals surface area contributed by atoms with Crippen LogP contribution in [0.3, 0.4) is 0 Å². The van der Waals surface area contributed by atoms with Gasteiger partial charge in [0.2, 0.25) is 0 Å². The fourth-order valence-corrected chi connectivity index (χ4v) is 1.65. The fraction of sp³-hybridized carbons (Fsp3) is 0.364. The van der Waals surface area contributed by atoms with Crippen LogP contribution in [0, 0.1) is 0 Å². The molecule has 0 aromatic heterocycles. The van der Waals surface area contributed by atoms with Crippen LogP contribution < -0.4 is 4.74 Å². The number of thioether (sulfide) groups is 1. The van der Waals surface area contributed by atoms with Crippen LogP contribution in [-0.4, -0.2) is 28.7 Å². The average molecular weight is 226 g/mol. The van der Waals surface area contributed by atoms with Crippen molar-refractivity contribution in [2.24, 2.45) is 0 Å². The number of rotatable bonds is 6. The van der Waals surface area contributed by atoms with Crippen molar-refractivity contribution in [3.8, 4) is 5.75 Å². The molecule has 1 aromatic rings. The lowest BCUT2D eigenvalue weighted by Crippen LogP contribution is -2.13. The second-order valence-corrected chi connectivity index (χ2v) is 4.46. The maximum atomic E-state index is 10.5. The van der Waals surface area contributed by atoms with Crippen LogP contribution in [0.4, 0.5) is 0 Å². The molecule has 0 saturated carbocycles. The Bertz CT molecular complexity index is 300. The van der Waals surface area contributed by atoms with Gasteiger partial charge in [0.1, 0.15) is 5.75 Å². The van der Waals surface area contributed by atoms with Crippen LogP contribution in [0.1, 0.15) is 6.92 Å². The SMILES string of the molecule is CC(SCCOc1ccccc1)C(=O)O. The molecule has 0 radical (unpaired) electrons. The lowest BCUT2D eigenvalue weighted by molar-refractivity contribution is -0.136. The Labute approximate surface area is 93.4 Å². The Kier molecular flexibility index (Phi) is 5.04. The van der Waals surface area contributed by atoms with Crippen LogP contribution in [0.15, 0.2) is 30.3 Å². The zero-order chi connectivity index (χ0) is 11.1. The van der Waals surface area contributed by atoms with Gasteiger partial charge in [-0.05, 0) is 19.1 Å². The first kappa shape index (κ1) is 11.9. The van der Waals surface area contributed by atoms with Crippen molar-refractivity contribution in [2.45, 2.75) is 12.2 Å². The van der Waals surface area contributed by atoms with Crippen LogP contribution in [0.5, 0.6) is 5.75 Å². The Balaban J connectivity index is 2.15. The van der Waals surface area contributed by atoms with Crippen LogP contribution in [-0.2, 0) is 4.79 Å². The molecule has 0 saturated heterocycles. The van der Waals surface area contributed by atoms with Gasteiger partial charge in [0.05, 0.1) is 11.9 Å². The van der Waals surface area contributed by atoms with Crippen LogP contribution in [0.2, 0.25) is 0 Å². The number of aliphatic carboxylic acids is 1. The number of hydrogen-bond donors (Lipinski definition) is 1. The Morgan fingerprint density at radius 1 is 1.47 bits per heavy atom. The highest BCUT2D eigenvalue weighted by atomic mass is 32.2. The highest BCUT2D eigenvalue weighted by Gasteiger charge is 2.10. The summed E-state index contributed by atoms with van der Waals surface area (Å²) in [6.07, 6.45) is 0. The van der Waals surface area contributed by atoms with E-state index in [1.165, 1.54) is 11.8 Å². The molecule has 3 nitrogen and oxygen atoms in total. The molecule has 1 aromatic carbocycles. The summed E-state index contributed by atoms with van der Waals surface area (Å²) < 4.78 is 5.42. The van der Waals surface area contributed by atoms with Gasteiger partial charge in [-0.25, -0.2) is 0 Å². The molecule has 1 rings (SSSR count). The quantitative estimate of drug-likeness (QED) is 0.756. The van der Waals surface area contributed by atoms with Gasteiger partial charge in [0.25, 0.3) is 0 Å². The largest absolute Gasteiger partial charge is 0.493 e. The molecule has 0 amide bonds. The summed E-state index contributed by atoms with van der Waals surface area (Å²) in [6.45, 7) is 2.21. The number of carbonyl (C=O) groups is 1. The zero-order valence-electron chi connectivity index (χ0n) is 8.55.